The predicted molar refractivity (Wildman–Crippen MR) is 91.1 cm³/mol. The standard InChI is InChI=1S/C19H16Cl2O2/c20-18(21)19(22)23-10-11-9-16-12-5-1-3-7-14(12)17(11)15-8-4-2-6-13(15)16/h1-8,11,16-18H,9-10H2/t11-,16?,17?/m0/s1. The van der Waals surface area contributed by atoms with E-state index >= 15 is 0 Å². The van der Waals surface area contributed by atoms with E-state index in [4.69, 9.17) is 27.9 Å². The first-order valence-electron chi connectivity index (χ1n) is 7.79. The highest BCUT2D eigenvalue weighted by atomic mass is 35.5. The fraction of sp³-hybridized carbons (Fsp3) is 0.316. The summed E-state index contributed by atoms with van der Waals surface area (Å²) in [6.45, 7) is 0.360. The number of ether oxygens (including phenoxy) is 1. The Labute approximate surface area is 145 Å². The van der Waals surface area contributed by atoms with Gasteiger partial charge in [0.2, 0.25) is 4.84 Å². The third-order valence-electron chi connectivity index (χ3n) is 5.04. The Hall–Kier alpha value is -1.51. The van der Waals surface area contributed by atoms with Crippen LogP contribution in [0, 0.1) is 5.92 Å². The molecule has 2 nitrogen and oxygen atoms in total. The van der Waals surface area contributed by atoms with Crippen molar-refractivity contribution in [3.63, 3.8) is 0 Å². The second-order valence-corrected chi connectivity index (χ2v) is 7.31. The minimum absolute atomic E-state index is 0.265. The van der Waals surface area contributed by atoms with E-state index < -0.39 is 10.8 Å². The van der Waals surface area contributed by atoms with Gasteiger partial charge in [-0.1, -0.05) is 71.7 Å². The molecule has 3 aliphatic carbocycles. The molecule has 5 rings (SSSR count). The largest absolute Gasteiger partial charge is 0.463 e. The second kappa shape index (κ2) is 5.85. The minimum atomic E-state index is -1.12. The summed E-state index contributed by atoms with van der Waals surface area (Å²) in [6, 6.07) is 17.2. The van der Waals surface area contributed by atoms with Crippen LogP contribution in [0.1, 0.15) is 40.5 Å². The molecule has 0 aliphatic heterocycles. The van der Waals surface area contributed by atoms with Gasteiger partial charge in [0.1, 0.15) is 0 Å². The highest BCUT2D eigenvalue weighted by molar-refractivity contribution is 6.52. The number of fused-ring (bicyclic) bond motifs is 1. The van der Waals surface area contributed by atoms with Crippen molar-refractivity contribution in [3.8, 4) is 0 Å². The van der Waals surface area contributed by atoms with E-state index in [1.165, 1.54) is 22.3 Å². The van der Waals surface area contributed by atoms with Gasteiger partial charge in [-0.2, -0.15) is 0 Å². The van der Waals surface area contributed by atoms with Crippen LogP contribution in [0.2, 0.25) is 0 Å². The average Bonchev–Trinajstić information content (AvgIpc) is 2.59. The lowest BCUT2D eigenvalue weighted by Crippen LogP contribution is -2.35. The van der Waals surface area contributed by atoms with E-state index in [0.717, 1.165) is 6.42 Å². The van der Waals surface area contributed by atoms with Crippen LogP contribution < -0.4 is 0 Å². The number of carbonyl (C=O) groups excluding carboxylic acids is 1. The molecule has 0 heterocycles. The molecule has 3 aliphatic rings. The quantitative estimate of drug-likeness (QED) is 0.598. The molecule has 23 heavy (non-hydrogen) atoms. The molecule has 2 aromatic carbocycles. The predicted octanol–water partition coefficient (Wildman–Crippen LogP) is 4.63. The highest BCUT2D eigenvalue weighted by Crippen LogP contribution is 2.55. The molecule has 118 valence electrons. The molecule has 0 unspecified atom stereocenters. The summed E-state index contributed by atoms with van der Waals surface area (Å²) in [4.78, 5) is 10.5. The van der Waals surface area contributed by atoms with Gasteiger partial charge in [-0.15, -0.1) is 0 Å². The normalized spacial score (nSPS) is 24.2. The molecule has 0 saturated carbocycles. The smallest absolute Gasteiger partial charge is 0.339 e. The molecule has 0 amide bonds. The van der Waals surface area contributed by atoms with E-state index in [1.54, 1.807) is 0 Å². The molecule has 0 radical (unpaired) electrons. The lowest BCUT2D eigenvalue weighted by atomic mass is 9.59. The van der Waals surface area contributed by atoms with Gasteiger partial charge in [-0.05, 0) is 28.7 Å². The van der Waals surface area contributed by atoms with Crippen LogP contribution in [0.5, 0.6) is 0 Å². The molecule has 0 spiro atoms. The van der Waals surface area contributed by atoms with Crippen molar-refractivity contribution in [2.75, 3.05) is 6.61 Å². The van der Waals surface area contributed by atoms with E-state index in [2.05, 4.69) is 48.5 Å². The second-order valence-electron chi connectivity index (χ2n) is 6.21. The van der Waals surface area contributed by atoms with Crippen LogP contribution in [0.15, 0.2) is 48.5 Å². The monoisotopic (exact) mass is 346 g/mol. The van der Waals surface area contributed by atoms with E-state index in [-0.39, 0.29) is 11.8 Å². The summed E-state index contributed by atoms with van der Waals surface area (Å²) in [7, 11) is 0. The third kappa shape index (κ3) is 2.45. The Morgan fingerprint density at radius 1 is 1.00 bits per heavy atom. The Morgan fingerprint density at radius 3 is 2.04 bits per heavy atom. The SMILES string of the molecule is O=C(OC[C@@H]1CC2c3ccccc3C1c1ccccc12)C(Cl)Cl. The highest BCUT2D eigenvalue weighted by Gasteiger charge is 2.43. The summed E-state index contributed by atoms with van der Waals surface area (Å²) in [5.74, 6) is 0.348. The van der Waals surface area contributed by atoms with Crippen LogP contribution >= 0.6 is 23.2 Å². The summed E-state index contributed by atoms with van der Waals surface area (Å²) in [5.41, 5.74) is 5.53. The van der Waals surface area contributed by atoms with Gasteiger partial charge in [0.05, 0.1) is 6.61 Å². The molecule has 1 atom stereocenters. The number of rotatable bonds is 3. The molecular weight excluding hydrogens is 331 g/mol. The molecule has 0 N–H and O–H groups in total. The van der Waals surface area contributed by atoms with Crippen LogP contribution in [-0.2, 0) is 9.53 Å². The number of hydrogen-bond donors (Lipinski definition) is 0. The Kier molecular flexibility index (Phi) is 3.82. The third-order valence-corrected chi connectivity index (χ3v) is 5.40. The molecular formula is C19H16Cl2O2. The lowest BCUT2D eigenvalue weighted by molar-refractivity contribution is -0.143. The van der Waals surface area contributed by atoms with Crippen LogP contribution in [0.3, 0.4) is 0 Å². The molecule has 2 bridgehead atoms. The average molecular weight is 347 g/mol. The minimum Gasteiger partial charge on any atom is -0.463 e. The molecule has 0 fully saturated rings. The first kappa shape index (κ1) is 15.0. The van der Waals surface area contributed by atoms with Crippen molar-refractivity contribution in [2.24, 2.45) is 5.92 Å². The van der Waals surface area contributed by atoms with E-state index in [1.807, 2.05) is 0 Å². The number of alkyl halides is 2. The van der Waals surface area contributed by atoms with Crippen molar-refractivity contribution < 1.29 is 9.53 Å². The van der Waals surface area contributed by atoms with Crippen molar-refractivity contribution in [1.29, 1.82) is 0 Å². The number of halogens is 2. The lowest BCUT2D eigenvalue weighted by Gasteiger charge is -2.45. The van der Waals surface area contributed by atoms with Crippen molar-refractivity contribution >= 4 is 29.2 Å². The van der Waals surface area contributed by atoms with Gasteiger partial charge < -0.3 is 4.74 Å². The zero-order valence-corrected chi connectivity index (χ0v) is 13.9. The van der Waals surface area contributed by atoms with Crippen LogP contribution in [0.25, 0.3) is 0 Å². The molecule has 4 heteroatoms. The number of benzene rings is 2. The van der Waals surface area contributed by atoms with Gasteiger partial charge in [0.25, 0.3) is 0 Å². The first-order valence-corrected chi connectivity index (χ1v) is 8.66. The zero-order valence-electron chi connectivity index (χ0n) is 12.4. The molecule has 0 aromatic heterocycles. The first-order chi connectivity index (χ1) is 11.2. The van der Waals surface area contributed by atoms with Crippen molar-refractivity contribution in [2.45, 2.75) is 23.1 Å². The summed E-state index contributed by atoms with van der Waals surface area (Å²) in [6.07, 6.45) is 0.987. The fourth-order valence-electron chi connectivity index (χ4n) is 4.18. The Morgan fingerprint density at radius 2 is 1.52 bits per heavy atom. The number of carbonyl (C=O) groups is 1. The Balaban J connectivity index is 1.70. The zero-order chi connectivity index (χ0) is 16.0. The Bertz CT molecular complexity index is 709. The van der Waals surface area contributed by atoms with Gasteiger partial charge in [0, 0.05) is 17.8 Å². The fourth-order valence-corrected chi connectivity index (χ4v) is 4.30. The van der Waals surface area contributed by atoms with Crippen LogP contribution in [-0.4, -0.2) is 17.4 Å². The maximum Gasteiger partial charge on any atom is 0.339 e. The summed E-state index contributed by atoms with van der Waals surface area (Å²) >= 11 is 11.2. The maximum atomic E-state index is 11.6. The van der Waals surface area contributed by atoms with Gasteiger partial charge in [0.15, 0.2) is 0 Å². The molecule has 2 aromatic rings. The maximum absolute atomic E-state index is 11.6. The van der Waals surface area contributed by atoms with Crippen molar-refractivity contribution in [3.05, 3.63) is 70.8 Å². The van der Waals surface area contributed by atoms with E-state index in [0.29, 0.717) is 12.5 Å². The number of hydrogen-bond acceptors (Lipinski definition) is 2. The van der Waals surface area contributed by atoms with Gasteiger partial charge in [-0.25, -0.2) is 4.79 Å². The van der Waals surface area contributed by atoms with E-state index in [9.17, 15) is 4.79 Å². The number of esters is 1. The summed E-state index contributed by atoms with van der Waals surface area (Å²) < 4.78 is 5.32. The summed E-state index contributed by atoms with van der Waals surface area (Å²) in [5, 5.41) is 0. The topological polar surface area (TPSA) is 26.3 Å². The van der Waals surface area contributed by atoms with Gasteiger partial charge >= 0.3 is 5.97 Å². The molecule has 0 saturated heterocycles. The van der Waals surface area contributed by atoms with Crippen LogP contribution in [0.4, 0.5) is 0 Å². The van der Waals surface area contributed by atoms with Gasteiger partial charge in [-0.3, -0.25) is 0 Å². The van der Waals surface area contributed by atoms with Crippen molar-refractivity contribution in [1.82, 2.24) is 0 Å².